The zero-order chi connectivity index (χ0) is 17.2. The van der Waals surface area contributed by atoms with E-state index in [4.69, 9.17) is 4.52 Å². The Balaban J connectivity index is 1.56. The van der Waals surface area contributed by atoms with Crippen molar-refractivity contribution in [3.8, 4) is 0 Å². The summed E-state index contributed by atoms with van der Waals surface area (Å²) in [4.78, 5) is 8.38. The van der Waals surface area contributed by atoms with E-state index in [1.807, 2.05) is 4.90 Å². The summed E-state index contributed by atoms with van der Waals surface area (Å²) < 4.78 is 44.3. The van der Waals surface area contributed by atoms with Gasteiger partial charge in [-0.1, -0.05) is 23.4 Å². The molecular weight excluding hydrogens is 321 g/mol. The summed E-state index contributed by atoms with van der Waals surface area (Å²) in [5.41, 5.74) is -0.222. The summed E-state index contributed by atoms with van der Waals surface area (Å²) in [6, 6.07) is 5.77. The molecule has 1 aliphatic rings. The first-order chi connectivity index (χ1) is 11.4. The first kappa shape index (κ1) is 16.9. The van der Waals surface area contributed by atoms with Crippen LogP contribution in [0.2, 0.25) is 0 Å². The highest BCUT2D eigenvalue weighted by Crippen LogP contribution is 2.32. The van der Waals surface area contributed by atoms with E-state index in [1.165, 1.54) is 6.07 Å². The van der Waals surface area contributed by atoms with Gasteiger partial charge >= 0.3 is 6.18 Å². The quantitative estimate of drug-likeness (QED) is 0.856. The summed E-state index contributed by atoms with van der Waals surface area (Å²) in [5, 5.41) is 3.76. The Morgan fingerprint density at radius 3 is 2.25 bits per heavy atom. The molecule has 2 heterocycles. The zero-order valence-corrected chi connectivity index (χ0v) is 13.4. The monoisotopic (exact) mass is 340 g/mol. The third kappa shape index (κ3) is 4.12. The van der Waals surface area contributed by atoms with Gasteiger partial charge in [-0.05, 0) is 18.6 Å². The van der Waals surface area contributed by atoms with Gasteiger partial charge in [0.1, 0.15) is 0 Å². The van der Waals surface area contributed by atoms with Crippen LogP contribution in [0.1, 0.15) is 22.8 Å². The average Bonchev–Trinajstić information content (AvgIpc) is 2.94. The molecule has 24 heavy (non-hydrogen) atoms. The fourth-order valence-corrected chi connectivity index (χ4v) is 2.88. The molecule has 0 bridgehead atoms. The molecule has 0 saturated carbocycles. The number of rotatable bonds is 4. The molecule has 8 heteroatoms. The van der Waals surface area contributed by atoms with Crippen LogP contribution in [-0.4, -0.2) is 46.1 Å². The smallest absolute Gasteiger partial charge is 0.338 e. The molecule has 0 amide bonds. The van der Waals surface area contributed by atoms with Crippen LogP contribution in [0.15, 0.2) is 28.8 Å². The van der Waals surface area contributed by atoms with E-state index in [1.54, 1.807) is 19.1 Å². The van der Waals surface area contributed by atoms with E-state index in [2.05, 4.69) is 15.0 Å². The second kappa shape index (κ2) is 6.90. The minimum atomic E-state index is -4.31. The molecule has 1 aromatic heterocycles. The van der Waals surface area contributed by atoms with Crippen molar-refractivity contribution in [2.24, 2.45) is 0 Å². The van der Waals surface area contributed by atoms with E-state index in [0.29, 0.717) is 43.5 Å². The number of aryl methyl sites for hydroxylation is 1. The molecule has 0 unspecified atom stereocenters. The molecule has 0 spiro atoms. The SMILES string of the molecule is Cc1noc(CN2CCN(Cc3ccccc3C(F)(F)F)CC2)n1. The van der Waals surface area contributed by atoms with Crippen molar-refractivity contribution in [1.29, 1.82) is 0 Å². The van der Waals surface area contributed by atoms with Gasteiger partial charge in [-0.3, -0.25) is 9.80 Å². The van der Waals surface area contributed by atoms with Crippen LogP contribution < -0.4 is 0 Å². The van der Waals surface area contributed by atoms with Gasteiger partial charge in [-0.2, -0.15) is 18.2 Å². The number of alkyl halides is 3. The molecule has 1 saturated heterocycles. The number of benzene rings is 1. The fraction of sp³-hybridized carbons (Fsp3) is 0.500. The van der Waals surface area contributed by atoms with Crippen LogP contribution >= 0.6 is 0 Å². The van der Waals surface area contributed by atoms with Crippen molar-refractivity contribution in [2.75, 3.05) is 26.2 Å². The van der Waals surface area contributed by atoms with Crippen LogP contribution in [-0.2, 0) is 19.3 Å². The van der Waals surface area contributed by atoms with E-state index >= 15 is 0 Å². The fourth-order valence-electron chi connectivity index (χ4n) is 2.88. The van der Waals surface area contributed by atoms with Crippen molar-refractivity contribution in [1.82, 2.24) is 19.9 Å². The Bertz CT molecular complexity index is 678. The van der Waals surface area contributed by atoms with Gasteiger partial charge in [0.25, 0.3) is 0 Å². The first-order valence-electron chi connectivity index (χ1n) is 7.81. The minimum Gasteiger partial charge on any atom is -0.338 e. The summed E-state index contributed by atoms with van der Waals surface area (Å²) in [7, 11) is 0. The van der Waals surface area contributed by atoms with E-state index in [9.17, 15) is 13.2 Å². The van der Waals surface area contributed by atoms with Crippen molar-refractivity contribution in [3.63, 3.8) is 0 Å². The Hall–Kier alpha value is -1.93. The molecule has 130 valence electrons. The van der Waals surface area contributed by atoms with Crippen LogP contribution in [0.25, 0.3) is 0 Å². The molecule has 1 aliphatic heterocycles. The Morgan fingerprint density at radius 1 is 1.04 bits per heavy atom. The highest BCUT2D eigenvalue weighted by Gasteiger charge is 2.33. The largest absolute Gasteiger partial charge is 0.416 e. The van der Waals surface area contributed by atoms with Gasteiger partial charge in [0.15, 0.2) is 5.82 Å². The lowest BCUT2D eigenvalue weighted by Gasteiger charge is -2.34. The summed E-state index contributed by atoms with van der Waals surface area (Å²) in [6.45, 7) is 5.59. The lowest BCUT2D eigenvalue weighted by atomic mass is 10.1. The maximum absolute atomic E-state index is 13.1. The minimum absolute atomic E-state index is 0.309. The van der Waals surface area contributed by atoms with Crippen molar-refractivity contribution >= 4 is 0 Å². The van der Waals surface area contributed by atoms with Gasteiger partial charge in [-0.25, -0.2) is 0 Å². The first-order valence-corrected chi connectivity index (χ1v) is 7.81. The van der Waals surface area contributed by atoms with Gasteiger partial charge in [0, 0.05) is 32.7 Å². The van der Waals surface area contributed by atoms with Gasteiger partial charge in [0.2, 0.25) is 5.89 Å². The normalized spacial score (nSPS) is 17.3. The van der Waals surface area contributed by atoms with E-state index in [-0.39, 0.29) is 0 Å². The van der Waals surface area contributed by atoms with Gasteiger partial charge < -0.3 is 4.52 Å². The molecule has 5 nitrogen and oxygen atoms in total. The maximum Gasteiger partial charge on any atom is 0.416 e. The molecule has 0 atom stereocenters. The van der Waals surface area contributed by atoms with Crippen LogP contribution in [0.3, 0.4) is 0 Å². The Labute approximate surface area is 138 Å². The molecule has 0 radical (unpaired) electrons. The number of hydrogen-bond acceptors (Lipinski definition) is 5. The van der Waals surface area contributed by atoms with Crippen molar-refractivity contribution in [2.45, 2.75) is 26.2 Å². The van der Waals surface area contributed by atoms with Crippen LogP contribution in [0.5, 0.6) is 0 Å². The summed E-state index contributed by atoms with van der Waals surface area (Å²) >= 11 is 0. The predicted molar refractivity (Wildman–Crippen MR) is 81.0 cm³/mol. The molecular formula is C16H19F3N4O. The Morgan fingerprint density at radius 2 is 1.67 bits per heavy atom. The molecule has 0 aliphatic carbocycles. The predicted octanol–water partition coefficient (Wildman–Crippen LogP) is 2.71. The molecule has 0 N–H and O–H groups in total. The zero-order valence-electron chi connectivity index (χ0n) is 13.4. The molecule has 1 fully saturated rings. The van der Waals surface area contributed by atoms with Gasteiger partial charge in [-0.15, -0.1) is 0 Å². The lowest BCUT2D eigenvalue weighted by Crippen LogP contribution is -2.45. The number of piperazine rings is 1. The van der Waals surface area contributed by atoms with E-state index in [0.717, 1.165) is 19.2 Å². The highest BCUT2D eigenvalue weighted by atomic mass is 19.4. The third-order valence-electron chi connectivity index (χ3n) is 4.11. The number of aromatic nitrogens is 2. The Kier molecular flexibility index (Phi) is 4.86. The summed E-state index contributed by atoms with van der Waals surface area (Å²) in [5.74, 6) is 1.18. The average molecular weight is 340 g/mol. The van der Waals surface area contributed by atoms with Crippen molar-refractivity contribution < 1.29 is 17.7 Å². The number of nitrogens with zero attached hydrogens (tertiary/aromatic N) is 4. The molecule has 3 rings (SSSR count). The maximum atomic E-state index is 13.1. The molecule has 2 aromatic rings. The van der Waals surface area contributed by atoms with Crippen LogP contribution in [0.4, 0.5) is 13.2 Å². The second-order valence-corrected chi connectivity index (χ2v) is 5.94. The third-order valence-corrected chi connectivity index (χ3v) is 4.11. The number of halogens is 3. The number of hydrogen-bond donors (Lipinski definition) is 0. The van der Waals surface area contributed by atoms with E-state index < -0.39 is 11.7 Å². The summed E-state index contributed by atoms with van der Waals surface area (Å²) in [6.07, 6.45) is -4.31. The standard InChI is InChI=1S/C16H19F3N4O/c1-12-20-15(24-21-12)11-23-8-6-22(7-9-23)10-13-4-2-3-5-14(13)16(17,18)19/h2-5H,6-11H2,1H3. The van der Waals surface area contributed by atoms with Crippen LogP contribution in [0, 0.1) is 6.92 Å². The lowest BCUT2D eigenvalue weighted by molar-refractivity contribution is -0.138. The van der Waals surface area contributed by atoms with Gasteiger partial charge in [0.05, 0.1) is 12.1 Å². The highest BCUT2D eigenvalue weighted by molar-refractivity contribution is 5.29. The molecule has 1 aromatic carbocycles. The van der Waals surface area contributed by atoms with Crippen molar-refractivity contribution in [3.05, 3.63) is 47.1 Å². The topological polar surface area (TPSA) is 45.4 Å². The second-order valence-electron chi connectivity index (χ2n) is 5.94.